The fourth-order valence-electron chi connectivity index (χ4n) is 3.23. The minimum absolute atomic E-state index is 0.0793. The molecule has 0 amide bonds. The summed E-state index contributed by atoms with van der Waals surface area (Å²) in [4.78, 5) is 24.2. The van der Waals surface area contributed by atoms with Crippen molar-refractivity contribution in [2.45, 2.75) is 19.8 Å². The normalized spacial score (nSPS) is 10.9. The van der Waals surface area contributed by atoms with Gasteiger partial charge in [0.15, 0.2) is 0 Å². The van der Waals surface area contributed by atoms with Crippen molar-refractivity contribution in [1.29, 1.82) is 0 Å². The first kappa shape index (κ1) is 19.6. The number of nitrogens with zero attached hydrogens (tertiary/aromatic N) is 1. The molecule has 0 aliphatic carbocycles. The largest absolute Gasteiger partial charge is 0.494 e. The van der Waals surface area contributed by atoms with Gasteiger partial charge < -0.3 is 14.6 Å². The van der Waals surface area contributed by atoms with E-state index < -0.39 is 5.97 Å². The summed E-state index contributed by atoms with van der Waals surface area (Å²) in [6.07, 6.45) is 0.717. The predicted octanol–water partition coefficient (Wildman–Crippen LogP) is 3.68. The van der Waals surface area contributed by atoms with Gasteiger partial charge in [0.25, 0.3) is 5.91 Å². The van der Waals surface area contributed by atoms with Crippen molar-refractivity contribution < 1.29 is 24.2 Å². The monoisotopic (exact) mass is 381 g/mol. The van der Waals surface area contributed by atoms with E-state index in [1.54, 1.807) is 48.1 Å². The van der Waals surface area contributed by atoms with Gasteiger partial charge in [-0.1, -0.05) is 12.1 Å². The van der Waals surface area contributed by atoms with E-state index in [4.69, 9.17) is 14.6 Å². The molecular formula is C22H23NO5. The van der Waals surface area contributed by atoms with Gasteiger partial charge in [0.2, 0.25) is 0 Å². The summed E-state index contributed by atoms with van der Waals surface area (Å²) < 4.78 is 12.2. The minimum atomic E-state index is -0.898. The number of carboxylic acids is 1. The van der Waals surface area contributed by atoms with Gasteiger partial charge in [-0.2, -0.15) is 0 Å². The van der Waals surface area contributed by atoms with Crippen LogP contribution in [0.2, 0.25) is 0 Å². The highest BCUT2D eigenvalue weighted by Crippen LogP contribution is 2.25. The lowest BCUT2D eigenvalue weighted by Crippen LogP contribution is -2.13. The number of carbonyl (C=O) groups excluding carboxylic acids is 1. The molecule has 0 unspecified atom stereocenters. The van der Waals surface area contributed by atoms with Crippen molar-refractivity contribution in [1.82, 2.24) is 4.57 Å². The maximum Gasteiger partial charge on any atom is 0.307 e. The molecule has 1 aromatic heterocycles. The van der Waals surface area contributed by atoms with Crippen LogP contribution < -0.4 is 4.74 Å². The topological polar surface area (TPSA) is 77.8 Å². The van der Waals surface area contributed by atoms with Crippen LogP contribution >= 0.6 is 0 Å². The standard InChI is InChI=1S/C22H23NO5/c1-15-13-19-17(14-21(24)25)5-3-6-20(19)23(15)22(26)16-7-9-18(10-8-16)28-12-4-11-27-2/h3,5-10,13H,4,11-12,14H2,1-2H3,(H,24,25). The summed E-state index contributed by atoms with van der Waals surface area (Å²) in [5.41, 5.74) is 2.70. The van der Waals surface area contributed by atoms with Crippen LogP contribution in [0.1, 0.15) is 28.0 Å². The zero-order valence-corrected chi connectivity index (χ0v) is 16.0. The smallest absolute Gasteiger partial charge is 0.307 e. The van der Waals surface area contributed by atoms with Gasteiger partial charge >= 0.3 is 5.97 Å². The van der Waals surface area contributed by atoms with Crippen molar-refractivity contribution in [3.63, 3.8) is 0 Å². The van der Waals surface area contributed by atoms with E-state index in [1.807, 2.05) is 19.1 Å². The Hall–Kier alpha value is -3.12. The summed E-state index contributed by atoms with van der Waals surface area (Å²) in [5, 5.41) is 9.90. The highest BCUT2D eigenvalue weighted by molar-refractivity contribution is 6.04. The van der Waals surface area contributed by atoms with Gasteiger partial charge in [-0.15, -0.1) is 0 Å². The first-order valence-electron chi connectivity index (χ1n) is 9.09. The molecule has 0 fully saturated rings. The van der Waals surface area contributed by atoms with E-state index in [9.17, 15) is 9.59 Å². The first-order valence-corrected chi connectivity index (χ1v) is 9.09. The minimum Gasteiger partial charge on any atom is -0.494 e. The van der Waals surface area contributed by atoms with Gasteiger partial charge in [0, 0.05) is 36.8 Å². The van der Waals surface area contributed by atoms with Crippen molar-refractivity contribution in [3.05, 3.63) is 65.4 Å². The van der Waals surface area contributed by atoms with Crippen LogP contribution in [0.15, 0.2) is 48.5 Å². The van der Waals surface area contributed by atoms with Crippen LogP contribution in [-0.4, -0.2) is 41.9 Å². The Morgan fingerprint density at radius 3 is 2.50 bits per heavy atom. The lowest BCUT2D eigenvalue weighted by Gasteiger charge is -2.09. The Balaban J connectivity index is 1.85. The third-order valence-corrected chi connectivity index (χ3v) is 4.53. The molecule has 6 nitrogen and oxygen atoms in total. The SMILES string of the molecule is COCCCOc1ccc(C(=O)n2c(C)cc3c(CC(=O)O)cccc32)cc1. The molecule has 146 valence electrons. The Morgan fingerprint density at radius 2 is 1.82 bits per heavy atom. The molecule has 0 saturated heterocycles. The second-order valence-corrected chi connectivity index (χ2v) is 6.57. The molecule has 2 aromatic carbocycles. The van der Waals surface area contributed by atoms with Gasteiger partial charge in [-0.05, 0) is 48.9 Å². The zero-order valence-electron chi connectivity index (χ0n) is 16.0. The van der Waals surface area contributed by atoms with E-state index in [1.165, 1.54) is 0 Å². The van der Waals surface area contributed by atoms with Crippen LogP contribution in [-0.2, 0) is 16.0 Å². The van der Waals surface area contributed by atoms with Crippen LogP contribution in [0, 0.1) is 6.92 Å². The van der Waals surface area contributed by atoms with Gasteiger partial charge in [-0.3, -0.25) is 14.2 Å². The van der Waals surface area contributed by atoms with E-state index in [0.29, 0.717) is 35.6 Å². The molecule has 0 bridgehead atoms. The quantitative estimate of drug-likeness (QED) is 0.602. The predicted molar refractivity (Wildman–Crippen MR) is 106 cm³/mol. The summed E-state index contributed by atoms with van der Waals surface area (Å²) in [6.45, 7) is 3.03. The van der Waals surface area contributed by atoms with Gasteiger partial charge in [0.05, 0.1) is 18.5 Å². The second kappa shape index (κ2) is 8.71. The Labute approximate surface area is 163 Å². The molecule has 0 radical (unpaired) electrons. The summed E-state index contributed by atoms with van der Waals surface area (Å²) in [6, 6.07) is 14.3. The highest BCUT2D eigenvalue weighted by Gasteiger charge is 2.17. The lowest BCUT2D eigenvalue weighted by atomic mass is 10.1. The number of carboxylic acid groups (broad SMARTS) is 1. The number of aryl methyl sites for hydroxylation is 1. The number of aliphatic carboxylic acids is 1. The number of benzene rings is 2. The Morgan fingerprint density at radius 1 is 1.07 bits per heavy atom. The van der Waals surface area contributed by atoms with E-state index in [0.717, 1.165) is 17.5 Å². The van der Waals surface area contributed by atoms with Crippen molar-refractivity contribution in [2.75, 3.05) is 20.3 Å². The Bertz CT molecular complexity index is 988. The van der Waals surface area contributed by atoms with Gasteiger partial charge in [0.1, 0.15) is 5.75 Å². The summed E-state index contributed by atoms with van der Waals surface area (Å²) in [7, 11) is 1.65. The van der Waals surface area contributed by atoms with Crippen molar-refractivity contribution >= 4 is 22.8 Å². The lowest BCUT2D eigenvalue weighted by molar-refractivity contribution is -0.136. The molecule has 1 heterocycles. The number of rotatable bonds is 8. The first-order chi connectivity index (χ1) is 13.5. The molecule has 0 atom stereocenters. The number of methoxy groups -OCH3 is 1. The van der Waals surface area contributed by atoms with E-state index in [-0.39, 0.29) is 12.3 Å². The molecule has 6 heteroatoms. The average Bonchev–Trinajstić information content (AvgIpc) is 3.02. The molecule has 28 heavy (non-hydrogen) atoms. The second-order valence-electron chi connectivity index (χ2n) is 6.57. The molecule has 1 N–H and O–H groups in total. The number of hydrogen-bond donors (Lipinski definition) is 1. The molecule has 0 aliphatic rings. The van der Waals surface area contributed by atoms with Gasteiger partial charge in [-0.25, -0.2) is 0 Å². The van der Waals surface area contributed by atoms with Crippen LogP contribution in [0.5, 0.6) is 5.75 Å². The number of ether oxygens (including phenoxy) is 2. The molecule has 3 aromatic rings. The third-order valence-electron chi connectivity index (χ3n) is 4.53. The molecule has 3 rings (SSSR count). The van der Waals surface area contributed by atoms with Crippen molar-refractivity contribution in [3.8, 4) is 5.75 Å². The maximum atomic E-state index is 13.1. The fraction of sp³-hybridized carbons (Fsp3) is 0.273. The number of fused-ring (bicyclic) bond motifs is 1. The van der Waals surface area contributed by atoms with Crippen LogP contribution in [0.3, 0.4) is 0 Å². The zero-order chi connectivity index (χ0) is 20.1. The number of aromatic nitrogens is 1. The molecule has 0 aliphatic heterocycles. The molecule has 0 saturated carbocycles. The van der Waals surface area contributed by atoms with Crippen LogP contribution in [0.4, 0.5) is 0 Å². The van der Waals surface area contributed by atoms with Crippen LogP contribution in [0.25, 0.3) is 10.9 Å². The van der Waals surface area contributed by atoms with Crippen molar-refractivity contribution in [2.24, 2.45) is 0 Å². The maximum absolute atomic E-state index is 13.1. The Kier molecular flexibility index (Phi) is 6.11. The fourth-order valence-corrected chi connectivity index (χ4v) is 3.23. The highest BCUT2D eigenvalue weighted by atomic mass is 16.5. The summed E-state index contributed by atoms with van der Waals surface area (Å²) >= 11 is 0. The molecule has 0 spiro atoms. The third kappa shape index (κ3) is 4.23. The molecular weight excluding hydrogens is 358 g/mol. The average molecular weight is 381 g/mol. The number of hydrogen-bond acceptors (Lipinski definition) is 4. The van der Waals surface area contributed by atoms with E-state index >= 15 is 0 Å². The van der Waals surface area contributed by atoms with E-state index in [2.05, 4.69) is 0 Å². The summed E-state index contributed by atoms with van der Waals surface area (Å²) in [5.74, 6) is -0.360. The number of carbonyl (C=O) groups is 2.